The van der Waals surface area contributed by atoms with Crippen molar-refractivity contribution in [2.45, 2.75) is 28.9 Å². The quantitative estimate of drug-likeness (QED) is 0.262. The van der Waals surface area contributed by atoms with Crippen LogP contribution >= 0.6 is 11.8 Å². The number of anilines is 1. The van der Waals surface area contributed by atoms with Crippen LogP contribution in [-0.4, -0.2) is 89.3 Å². The molecule has 0 saturated carbocycles. The number of thioether (sulfide) groups is 1. The lowest BCUT2D eigenvalue weighted by atomic mass is 10.3. The van der Waals surface area contributed by atoms with Gasteiger partial charge in [0.25, 0.3) is 5.56 Å². The van der Waals surface area contributed by atoms with Crippen molar-refractivity contribution < 1.29 is 40.6 Å². The zero-order valence-corrected chi connectivity index (χ0v) is 20.8. The molecule has 2 aromatic heterocycles. The standard InChI is InChI=1S/C21H24F6N6O4S/c1-36-11-14(38-15-10-30-31-18(35)17(15)21(25,26)27)12-37-7-2-16(34)32-3-5-33(6-4-32)19-28-8-13(9-29-19)20(22,23)24/h8-10,14H,2-7,11-12H2,1H3,(H,31,35)/t14-/m1/s1. The Labute approximate surface area is 216 Å². The molecule has 1 saturated heterocycles. The number of amides is 1. The maximum Gasteiger partial charge on any atom is 0.422 e. The minimum Gasteiger partial charge on any atom is -0.383 e. The number of carbonyl (C=O) groups is 1. The van der Waals surface area contributed by atoms with Gasteiger partial charge in [-0.25, -0.2) is 15.1 Å². The zero-order chi connectivity index (χ0) is 27.9. The summed E-state index contributed by atoms with van der Waals surface area (Å²) in [7, 11) is 1.37. The van der Waals surface area contributed by atoms with Gasteiger partial charge in [0.15, 0.2) is 0 Å². The summed E-state index contributed by atoms with van der Waals surface area (Å²) < 4.78 is 88.4. The number of ether oxygens (including phenoxy) is 2. The van der Waals surface area contributed by atoms with Gasteiger partial charge < -0.3 is 19.3 Å². The Morgan fingerprint density at radius 2 is 1.71 bits per heavy atom. The Bertz CT molecular complexity index is 1120. The molecule has 0 aliphatic carbocycles. The highest BCUT2D eigenvalue weighted by atomic mass is 32.2. The van der Waals surface area contributed by atoms with Crippen molar-refractivity contribution in [2.75, 3.05) is 58.0 Å². The number of H-pyrrole nitrogens is 1. The van der Waals surface area contributed by atoms with E-state index in [1.54, 1.807) is 14.9 Å². The molecule has 1 aliphatic heterocycles. The predicted octanol–water partition coefficient (Wildman–Crippen LogP) is 2.46. The average molecular weight is 571 g/mol. The lowest BCUT2D eigenvalue weighted by molar-refractivity contribution is -0.141. The monoisotopic (exact) mass is 570 g/mol. The first-order chi connectivity index (χ1) is 17.9. The van der Waals surface area contributed by atoms with Crippen LogP contribution in [0.25, 0.3) is 0 Å². The van der Waals surface area contributed by atoms with Crippen LogP contribution in [0.4, 0.5) is 32.3 Å². The van der Waals surface area contributed by atoms with Crippen LogP contribution in [0.5, 0.6) is 0 Å². The molecule has 1 aliphatic rings. The van der Waals surface area contributed by atoms with E-state index in [1.807, 2.05) is 0 Å². The van der Waals surface area contributed by atoms with E-state index in [9.17, 15) is 35.9 Å². The highest BCUT2D eigenvalue weighted by Crippen LogP contribution is 2.35. The summed E-state index contributed by atoms with van der Waals surface area (Å²) in [5.74, 6) is -0.0773. The Morgan fingerprint density at radius 3 is 2.29 bits per heavy atom. The van der Waals surface area contributed by atoms with Crippen molar-refractivity contribution >= 4 is 23.6 Å². The van der Waals surface area contributed by atoms with Crippen LogP contribution in [0.15, 0.2) is 28.3 Å². The van der Waals surface area contributed by atoms with Gasteiger partial charge in [0, 0.05) is 50.6 Å². The van der Waals surface area contributed by atoms with Crippen molar-refractivity contribution in [3.05, 3.63) is 40.1 Å². The number of nitrogens with zero attached hydrogens (tertiary/aromatic N) is 5. The van der Waals surface area contributed by atoms with Gasteiger partial charge in [0.2, 0.25) is 11.9 Å². The van der Waals surface area contributed by atoms with Crippen LogP contribution in [0, 0.1) is 0 Å². The van der Waals surface area contributed by atoms with Crippen molar-refractivity contribution in [2.24, 2.45) is 0 Å². The number of alkyl halides is 6. The summed E-state index contributed by atoms with van der Waals surface area (Å²) in [6, 6.07) is 0. The number of hydrogen-bond donors (Lipinski definition) is 1. The van der Waals surface area contributed by atoms with E-state index in [0.717, 1.165) is 18.0 Å². The number of methoxy groups -OCH3 is 1. The fraction of sp³-hybridized carbons (Fsp3) is 0.571. The summed E-state index contributed by atoms with van der Waals surface area (Å²) in [5.41, 5.74) is -3.65. The maximum absolute atomic E-state index is 13.3. The number of piperazine rings is 1. The maximum atomic E-state index is 13.3. The zero-order valence-electron chi connectivity index (χ0n) is 20.0. The largest absolute Gasteiger partial charge is 0.422 e. The Balaban J connectivity index is 1.45. The van der Waals surface area contributed by atoms with Crippen molar-refractivity contribution in [3.63, 3.8) is 0 Å². The molecule has 0 radical (unpaired) electrons. The molecule has 0 bridgehead atoms. The molecule has 0 unspecified atom stereocenters. The molecule has 1 atom stereocenters. The molecule has 38 heavy (non-hydrogen) atoms. The third kappa shape index (κ3) is 8.04. The molecule has 1 fully saturated rings. The minimum absolute atomic E-state index is 0.00158. The summed E-state index contributed by atoms with van der Waals surface area (Å²) in [6.07, 6.45) is -7.05. The fourth-order valence-electron chi connectivity index (χ4n) is 3.54. The van der Waals surface area contributed by atoms with Crippen LogP contribution < -0.4 is 10.5 Å². The summed E-state index contributed by atoms with van der Waals surface area (Å²) >= 11 is 0.741. The summed E-state index contributed by atoms with van der Waals surface area (Å²) in [6.45, 7) is 1.25. The van der Waals surface area contributed by atoms with Gasteiger partial charge in [-0.1, -0.05) is 0 Å². The van der Waals surface area contributed by atoms with Crippen LogP contribution in [0.1, 0.15) is 17.5 Å². The van der Waals surface area contributed by atoms with E-state index in [2.05, 4.69) is 15.1 Å². The second-order valence-corrected chi connectivity index (χ2v) is 9.44. The topological polar surface area (TPSA) is 114 Å². The Hall–Kier alpha value is -2.92. The number of halogens is 6. The number of hydrogen-bond acceptors (Lipinski definition) is 9. The summed E-state index contributed by atoms with van der Waals surface area (Å²) in [5, 5.41) is 4.60. The molecule has 1 N–H and O–H groups in total. The number of carbonyl (C=O) groups excluding carboxylic acids is 1. The Morgan fingerprint density at radius 1 is 1.05 bits per heavy atom. The van der Waals surface area contributed by atoms with Crippen molar-refractivity contribution in [1.29, 1.82) is 0 Å². The van der Waals surface area contributed by atoms with Gasteiger partial charge in [0.05, 0.1) is 43.3 Å². The van der Waals surface area contributed by atoms with E-state index in [-0.39, 0.29) is 43.0 Å². The van der Waals surface area contributed by atoms with E-state index in [1.165, 1.54) is 7.11 Å². The first-order valence-corrected chi connectivity index (χ1v) is 12.1. The van der Waals surface area contributed by atoms with Crippen LogP contribution in [0.2, 0.25) is 0 Å². The number of aromatic nitrogens is 4. The van der Waals surface area contributed by atoms with E-state index in [4.69, 9.17) is 9.47 Å². The van der Waals surface area contributed by atoms with Gasteiger partial charge in [-0.05, 0) is 0 Å². The smallest absolute Gasteiger partial charge is 0.383 e. The molecule has 10 nitrogen and oxygen atoms in total. The summed E-state index contributed by atoms with van der Waals surface area (Å²) in [4.78, 5) is 34.6. The lowest BCUT2D eigenvalue weighted by Crippen LogP contribution is -2.49. The van der Waals surface area contributed by atoms with E-state index < -0.39 is 34.3 Å². The van der Waals surface area contributed by atoms with E-state index in [0.29, 0.717) is 38.6 Å². The predicted molar refractivity (Wildman–Crippen MR) is 123 cm³/mol. The van der Waals surface area contributed by atoms with Gasteiger partial charge in [-0.2, -0.15) is 31.4 Å². The molecule has 2 aromatic rings. The van der Waals surface area contributed by atoms with Crippen molar-refractivity contribution in [1.82, 2.24) is 25.1 Å². The van der Waals surface area contributed by atoms with Crippen LogP contribution in [0.3, 0.4) is 0 Å². The molecule has 1 amide bonds. The third-order valence-electron chi connectivity index (χ3n) is 5.40. The van der Waals surface area contributed by atoms with Gasteiger partial charge in [0.1, 0.15) is 5.56 Å². The third-order valence-corrected chi connectivity index (χ3v) is 6.56. The normalized spacial score (nSPS) is 15.6. The fourth-order valence-corrected chi connectivity index (χ4v) is 4.71. The second kappa shape index (κ2) is 12.8. The van der Waals surface area contributed by atoms with Gasteiger partial charge in [-0.3, -0.25) is 9.59 Å². The minimum atomic E-state index is -4.87. The highest BCUT2D eigenvalue weighted by Gasteiger charge is 2.38. The first kappa shape index (κ1) is 29.6. The number of aromatic amines is 1. The van der Waals surface area contributed by atoms with Crippen molar-refractivity contribution in [3.8, 4) is 0 Å². The molecule has 210 valence electrons. The molecular weight excluding hydrogens is 546 g/mol. The Kier molecular flexibility index (Phi) is 9.94. The highest BCUT2D eigenvalue weighted by molar-refractivity contribution is 8.00. The lowest BCUT2D eigenvalue weighted by Gasteiger charge is -2.34. The number of nitrogens with one attached hydrogen (secondary N) is 1. The molecular formula is C21H24F6N6O4S. The second-order valence-electron chi connectivity index (χ2n) is 8.09. The van der Waals surface area contributed by atoms with Crippen LogP contribution in [-0.2, 0) is 26.6 Å². The SMILES string of the molecule is COC[C@H](COCCC(=O)N1CCN(c2ncc(C(F)(F)F)cn2)CC1)Sc1cn[nH]c(=O)c1C(F)(F)F. The number of rotatable bonds is 10. The molecule has 17 heteroatoms. The first-order valence-electron chi connectivity index (χ1n) is 11.2. The molecule has 0 aromatic carbocycles. The van der Waals surface area contributed by atoms with Gasteiger partial charge >= 0.3 is 12.4 Å². The average Bonchev–Trinajstić information content (AvgIpc) is 2.85. The molecule has 3 rings (SSSR count). The van der Waals surface area contributed by atoms with E-state index >= 15 is 0 Å². The van der Waals surface area contributed by atoms with Gasteiger partial charge in [-0.15, -0.1) is 11.8 Å². The molecule has 3 heterocycles. The molecule has 0 spiro atoms.